The normalized spacial score (nSPS) is 17.0. The lowest BCUT2D eigenvalue weighted by molar-refractivity contribution is -0.0679. The van der Waals surface area contributed by atoms with Gasteiger partial charge in [0.05, 0.1) is 18.3 Å². The lowest BCUT2D eigenvalue weighted by atomic mass is 10.00. The number of aliphatic hydroxyl groups is 1. The highest BCUT2D eigenvalue weighted by Gasteiger charge is 2.21. The Morgan fingerprint density at radius 2 is 1.95 bits per heavy atom. The van der Waals surface area contributed by atoms with E-state index >= 15 is 0 Å². The third-order valence-electron chi connectivity index (χ3n) is 4.20. The van der Waals surface area contributed by atoms with Crippen molar-refractivity contribution in [1.29, 1.82) is 0 Å². The van der Waals surface area contributed by atoms with Gasteiger partial charge in [-0.25, -0.2) is 0 Å². The molecule has 0 saturated heterocycles. The Morgan fingerprint density at radius 1 is 1.29 bits per heavy atom. The van der Waals surface area contributed by atoms with Crippen molar-refractivity contribution in [3.63, 3.8) is 0 Å². The number of β-amino-alcohol motifs (C(OH)–C–C–N with tert-alkyl or cyclic N) is 1. The zero-order chi connectivity index (χ0) is 14.6. The Kier molecular flexibility index (Phi) is 7.14. The molecule has 21 heavy (non-hydrogen) atoms. The average Bonchev–Trinajstić information content (AvgIpc) is 2.45. The van der Waals surface area contributed by atoms with Gasteiger partial charge in [0.1, 0.15) is 0 Å². The van der Waals surface area contributed by atoms with Crippen molar-refractivity contribution in [2.24, 2.45) is 0 Å². The van der Waals surface area contributed by atoms with Gasteiger partial charge in [0, 0.05) is 19.6 Å². The summed E-state index contributed by atoms with van der Waals surface area (Å²) in [6.07, 6.45) is 1.62. The maximum atomic E-state index is 10.1. The SMILES string of the molecule is CCC(C)(C)OCC(O)CN1CCc2ccccc2C1.Cl. The third-order valence-corrected chi connectivity index (χ3v) is 4.20. The molecule has 1 aromatic carbocycles. The molecule has 1 atom stereocenters. The molecule has 1 heterocycles. The molecule has 0 spiro atoms. The number of halogens is 1. The van der Waals surface area contributed by atoms with Crippen molar-refractivity contribution in [3.8, 4) is 0 Å². The van der Waals surface area contributed by atoms with Crippen LogP contribution in [0.3, 0.4) is 0 Å². The molecule has 0 saturated carbocycles. The predicted octanol–water partition coefficient (Wildman–Crippen LogP) is 3.03. The van der Waals surface area contributed by atoms with Crippen molar-refractivity contribution in [2.75, 3.05) is 19.7 Å². The van der Waals surface area contributed by atoms with Gasteiger partial charge in [0.2, 0.25) is 0 Å². The summed E-state index contributed by atoms with van der Waals surface area (Å²) in [6.45, 7) is 9.30. The number of benzene rings is 1. The maximum Gasteiger partial charge on any atom is 0.0900 e. The van der Waals surface area contributed by atoms with Crippen molar-refractivity contribution >= 4 is 12.4 Å². The van der Waals surface area contributed by atoms with Crippen LogP contribution in [0.1, 0.15) is 38.3 Å². The van der Waals surface area contributed by atoms with Crippen molar-refractivity contribution in [3.05, 3.63) is 35.4 Å². The van der Waals surface area contributed by atoms with Gasteiger partial charge in [0.25, 0.3) is 0 Å². The molecule has 1 aliphatic rings. The quantitative estimate of drug-likeness (QED) is 0.876. The zero-order valence-electron chi connectivity index (χ0n) is 13.3. The molecule has 0 radical (unpaired) electrons. The van der Waals surface area contributed by atoms with Crippen molar-refractivity contribution in [1.82, 2.24) is 4.90 Å². The summed E-state index contributed by atoms with van der Waals surface area (Å²) in [5, 5.41) is 10.1. The molecule has 2 rings (SSSR count). The van der Waals surface area contributed by atoms with Crippen LogP contribution in [0.25, 0.3) is 0 Å². The molecule has 0 aliphatic carbocycles. The Morgan fingerprint density at radius 3 is 2.62 bits per heavy atom. The van der Waals surface area contributed by atoms with E-state index in [-0.39, 0.29) is 18.0 Å². The van der Waals surface area contributed by atoms with Gasteiger partial charge >= 0.3 is 0 Å². The van der Waals surface area contributed by atoms with Gasteiger partial charge in [-0.15, -0.1) is 12.4 Å². The van der Waals surface area contributed by atoms with E-state index in [1.54, 1.807) is 0 Å². The number of rotatable bonds is 6. The lowest BCUT2D eigenvalue weighted by Crippen LogP contribution is -2.39. The van der Waals surface area contributed by atoms with Gasteiger partial charge in [-0.2, -0.15) is 0 Å². The van der Waals surface area contributed by atoms with Crippen molar-refractivity contribution < 1.29 is 9.84 Å². The highest BCUT2D eigenvalue weighted by molar-refractivity contribution is 5.85. The summed E-state index contributed by atoms with van der Waals surface area (Å²) in [7, 11) is 0. The molecule has 1 aromatic rings. The van der Waals surface area contributed by atoms with Crippen LogP contribution in [0.2, 0.25) is 0 Å². The molecule has 1 N–H and O–H groups in total. The minimum absolute atomic E-state index is 0. The standard InChI is InChI=1S/C17H27NO2.ClH/c1-4-17(2,3)20-13-16(19)12-18-10-9-14-7-5-6-8-15(14)11-18;/h5-8,16,19H,4,9-13H2,1-3H3;1H. The molecule has 0 bridgehead atoms. The molecule has 0 fully saturated rings. The Labute approximate surface area is 134 Å². The van der Waals surface area contributed by atoms with Crippen LogP contribution in [0.5, 0.6) is 0 Å². The predicted molar refractivity (Wildman–Crippen MR) is 89.0 cm³/mol. The molecular formula is C17H28ClNO2. The summed E-state index contributed by atoms with van der Waals surface area (Å²) in [4.78, 5) is 2.31. The first-order chi connectivity index (χ1) is 9.50. The summed E-state index contributed by atoms with van der Waals surface area (Å²) in [5.74, 6) is 0. The van der Waals surface area contributed by atoms with Crippen LogP contribution in [-0.4, -0.2) is 41.4 Å². The van der Waals surface area contributed by atoms with Crippen LogP contribution in [-0.2, 0) is 17.7 Å². The second-order valence-electron chi connectivity index (χ2n) is 6.33. The first kappa shape index (κ1) is 18.4. The van der Waals surface area contributed by atoms with Crippen LogP contribution < -0.4 is 0 Å². The van der Waals surface area contributed by atoms with Gasteiger partial charge in [-0.3, -0.25) is 4.90 Å². The van der Waals surface area contributed by atoms with Gasteiger partial charge in [-0.1, -0.05) is 31.2 Å². The minimum Gasteiger partial charge on any atom is -0.389 e. The first-order valence-electron chi connectivity index (χ1n) is 7.61. The Bertz CT molecular complexity index is 437. The molecule has 1 aliphatic heterocycles. The molecule has 1 unspecified atom stereocenters. The van der Waals surface area contributed by atoms with Crippen LogP contribution >= 0.6 is 12.4 Å². The van der Waals surface area contributed by atoms with Gasteiger partial charge < -0.3 is 9.84 Å². The zero-order valence-corrected chi connectivity index (χ0v) is 14.2. The highest BCUT2D eigenvalue weighted by atomic mass is 35.5. The second-order valence-corrected chi connectivity index (χ2v) is 6.33. The van der Waals surface area contributed by atoms with Crippen LogP contribution in [0.15, 0.2) is 24.3 Å². The Hall–Kier alpha value is -0.610. The van der Waals surface area contributed by atoms with E-state index in [0.29, 0.717) is 13.2 Å². The van der Waals surface area contributed by atoms with E-state index in [2.05, 4.69) is 49.9 Å². The van der Waals surface area contributed by atoms with E-state index in [1.807, 2.05) is 0 Å². The molecule has 0 aromatic heterocycles. The second kappa shape index (κ2) is 8.14. The highest BCUT2D eigenvalue weighted by Crippen LogP contribution is 2.19. The minimum atomic E-state index is -0.411. The number of aliphatic hydroxyl groups excluding tert-OH is 1. The van der Waals surface area contributed by atoms with Gasteiger partial charge in [-0.05, 0) is 37.8 Å². The van der Waals surface area contributed by atoms with E-state index in [0.717, 1.165) is 25.9 Å². The number of hydrogen-bond acceptors (Lipinski definition) is 3. The fraction of sp³-hybridized carbons (Fsp3) is 0.647. The topological polar surface area (TPSA) is 32.7 Å². The van der Waals surface area contributed by atoms with Crippen molar-refractivity contribution in [2.45, 2.75) is 51.9 Å². The summed E-state index contributed by atoms with van der Waals surface area (Å²) in [5.41, 5.74) is 2.69. The number of nitrogens with zero attached hydrogens (tertiary/aromatic N) is 1. The third kappa shape index (κ3) is 5.59. The summed E-state index contributed by atoms with van der Waals surface area (Å²) in [6, 6.07) is 8.58. The largest absolute Gasteiger partial charge is 0.389 e. The number of hydrogen-bond donors (Lipinski definition) is 1. The molecule has 0 amide bonds. The Balaban J connectivity index is 0.00000220. The molecule has 120 valence electrons. The first-order valence-corrected chi connectivity index (χ1v) is 7.61. The number of ether oxygens (including phenoxy) is 1. The van der Waals surface area contributed by atoms with Crippen LogP contribution in [0, 0.1) is 0 Å². The fourth-order valence-electron chi connectivity index (χ4n) is 2.48. The van der Waals surface area contributed by atoms with E-state index in [9.17, 15) is 5.11 Å². The van der Waals surface area contributed by atoms with Crippen LogP contribution in [0.4, 0.5) is 0 Å². The monoisotopic (exact) mass is 313 g/mol. The lowest BCUT2D eigenvalue weighted by Gasteiger charge is -2.31. The smallest absolute Gasteiger partial charge is 0.0900 e. The molecular weight excluding hydrogens is 286 g/mol. The fourth-order valence-corrected chi connectivity index (χ4v) is 2.48. The summed E-state index contributed by atoms with van der Waals surface area (Å²) < 4.78 is 5.77. The van der Waals surface area contributed by atoms with E-state index in [4.69, 9.17) is 4.74 Å². The van der Waals surface area contributed by atoms with E-state index < -0.39 is 6.10 Å². The molecule has 4 heteroatoms. The van der Waals surface area contributed by atoms with Gasteiger partial charge in [0.15, 0.2) is 0 Å². The van der Waals surface area contributed by atoms with E-state index in [1.165, 1.54) is 11.1 Å². The maximum absolute atomic E-state index is 10.1. The molecule has 3 nitrogen and oxygen atoms in total. The summed E-state index contributed by atoms with van der Waals surface area (Å²) >= 11 is 0. The average molecular weight is 314 g/mol. The number of fused-ring (bicyclic) bond motifs is 1.